The largest absolute Gasteiger partial charge is 0.480 e. The van der Waals surface area contributed by atoms with Crippen molar-refractivity contribution in [2.75, 3.05) is 17.1 Å². The molecule has 1 aliphatic heterocycles. The van der Waals surface area contributed by atoms with Crippen LogP contribution in [0.3, 0.4) is 0 Å². The minimum Gasteiger partial charge on any atom is -0.480 e. The fraction of sp³-hybridized carbons (Fsp3) is 0.500. The molecule has 0 radical (unpaired) electrons. The van der Waals surface area contributed by atoms with Gasteiger partial charge in [0.05, 0.1) is 11.9 Å². The maximum Gasteiger partial charge on any atom is 0.326 e. The number of hydrogen-bond acceptors (Lipinski definition) is 4. The lowest BCUT2D eigenvalue weighted by Gasteiger charge is -2.29. The number of amides is 1. The number of anilines is 1. The van der Waals surface area contributed by atoms with Crippen LogP contribution in [-0.4, -0.2) is 44.2 Å². The molecule has 1 aromatic rings. The monoisotopic (exact) mass is 352 g/mol. The Balaban J connectivity index is 1.83. The summed E-state index contributed by atoms with van der Waals surface area (Å²) in [7, 11) is -3.35. The van der Waals surface area contributed by atoms with Crippen molar-refractivity contribution in [2.24, 2.45) is 5.92 Å². The number of rotatable bonds is 5. The number of sulfonamides is 1. The van der Waals surface area contributed by atoms with E-state index in [9.17, 15) is 23.1 Å². The molecule has 0 saturated heterocycles. The highest BCUT2D eigenvalue weighted by Crippen LogP contribution is 2.33. The van der Waals surface area contributed by atoms with Crippen molar-refractivity contribution in [3.63, 3.8) is 0 Å². The molecule has 3 rings (SSSR count). The summed E-state index contributed by atoms with van der Waals surface area (Å²) in [6.45, 7) is 0.431. The Morgan fingerprint density at radius 3 is 2.62 bits per heavy atom. The Labute approximate surface area is 140 Å². The van der Waals surface area contributed by atoms with E-state index >= 15 is 0 Å². The van der Waals surface area contributed by atoms with E-state index in [0.29, 0.717) is 30.6 Å². The standard InChI is InChI=1S/C16H20N2O5S/c1-24(22,23)18-8-2-3-11-9-12(6-7-13(11)18)15(19)17-14(16(20)21)10-4-5-10/h6-7,9-10,14H,2-5,8H2,1H3,(H,17,19)(H,20,21). The van der Waals surface area contributed by atoms with E-state index in [4.69, 9.17) is 0 Å². The zero-order valence-electron chi connectivity index (χ0n) is 13.4. The van der Waals surface area contributed by atoms with Crippen LogP contribution in [0, 0.1) is 5.92 Å². The predicted molar refractivity (Wildman–Crippen MR) is 88.6 cm³/mol. The molecule has 0 bridgehead atoms. The van der Waals surface area contributed by atoms with Crippen LogP contribution in [0.1, 0.15) is 35.2 Å². The molecular formula is C16H20N2O5S. The topological polar surface area (TPSA) is 104 Å². The highest BCUT2D eigenvalue weighted by molar-refractivity contribution is 7.92. The smallest absolute Gasteiger partial charge is 0.326 e. The van der Waals surface area contributed by atoms with Crippen LogP contribution in [0.25, 0.3) is 0 Å². The maximum absolute atomic E-state index is 12.3. The SMILES string of the molecule is CS(=O)(=O)N1CCCc2cc(C(=O)NC(C(=O)O)C3CC3)ccc21. The summed E-state index contributed by atoms with van der Waals surface area (Å²) in [6, 6.07) is 3.97. The van der Waals surface area contributed by atoms with Gasteiger partial charge in [0.2, 0.25) is 10.0 Å². The normalized spacial score (nSPS) is 18.6. The van der Waals surface area contributed by atoms with Gasteiger partial charge in [-0.25, -0.2) is 13.2 Å². The van der Waals surface area contributed by atoms with Gasteiger partial charge in [0.1, 0.15) is 6.04 Å². The van der Waals surface area contributed by atoms with Gasteiger partial charge < -0.3 is 10.4 Å². The molecule has 24 heavy (non-hydrogen) atoms. The number of benzene rings is 1. The van der Waals surface area contributed by atoms with Crippen LogP contribution in [0.15, 0.2) is 18.2 Å². The van der Waals surface area contributed by atoms with Crippen molar-refractivity contribution in [3.8, 4) is 0 Å². The molecule has 8 heteroatoms. The number of aryl methyl sites for hydroxylation is 1. The second-order valence-electron chi connectivity index (χ2n) is 6.41. The van der Waals surface area contributed by atoms with E-state index in [0.717, 1.165) is 24.7 Å². The molecule has 2 N–H and O–H groups in total. The minimum absolute atomic E-state index is 0.00445. The quantitative estimate of drug-likeness (QED) is 0.822. The second-order valence-corrected chi connectivity index (χ2v) is 8.32. The van der Waals surface area contributed by atoms with Crippen LogP contribution in [-0.2, 0) is 21.2 Å². The van der Waals surface area contributed by atoms with Crippen molar-refractivity contribution < 1.29 is 23.1 Å². The number of carbonyl (C=O) groups is 2. The second kappa shape index (κ2) is 6.08. The molecular weight excluding hydrogens is 332 g/mol. The zero-order chi connectivity index (χ0) is 17.5. The summed E-state index contributed by atoms with van der Waals surface area (Å²) < 4.78 is 25.0. The number of nitrogens with one attached hydrogen (secondary N) is 1. The number of carboxylic acid groups (broad SMARTS) is 1. The average Bonchev–Trinajstić information content (AvgIpc) is 3.34. The third-order valence-corrected chi connectivity index (χ3v) is 5.64. The molecule has 0 aromatic heterocycles. The van der Waals surface area contributed by atoms with Crippen molar-refractivity contribution in [1.29, 1.82) is 0 Å². The van der Waals surface area contributed by atoms with Gasteiger partial charge >= 0.3 is 5.97 Å². The van der Waals surface area contributed by atoms with E-state index in [1.165, 1.54) is 4.31 Å². The molecule has 1 aliphatic carbocycles. The van der Waals surface area contributed by atoms with E-state index < -0.39 is 27.9 Å². The molecule has 1 aromatic carbocycles. The Morgan fingerprint density at radius 2 is 2.04 bits per heavy atom. The van der Waals surface area contributed by atoms with Gasteiger partial charge in [-0.1, -0.05) is 0 Å². The van der Waals surface area contributed by atoms with Crippen LogP contribution < -0.4 is 9.62 Å². The summed E-state index contributed by atoms with van der Waals surface area (Å²) in [4.78, 5) is 23.6. The molecule has 130 valence electrons. The van der Waals surface area contributed by atoms with Gasteiger partial charge in [-0.3, -0.25) is 9.10 Å². The Bertz CT molecular complexity index is 786. The highest BCUT2D eigenvalue weighted by atomic mass is 32.2. The number of hydrogen-bond donors (Lipinski definition) is 2. The lowest BCUT2D eigenvalue weighted by Crippen LogP contribution is -2.42. The highest BCUT2D eigenvalue weighted by Gasteiger charge is 2.37. The van der Waals surface area contributed by atoms with E-state index in [1.807, 2.05) is 0 Å². The van der Waals surface area contributed by atoms with Crippen molar-refractivity contribution in [3.05, 3.63) is 29.3 Å². The molecule has 1 fully saturated rings. The fourth-order valence-electron chi connectivity index (χ4n) is 3.08. The molecule has 1 amide bonds. The van der Waals surface area contributed by atoms with Crippen molar-refractivity contribution in [1.82, 2.24) is 5.32 Å². The summed E-state index contributed by atoms with van der Waals surface area (Å²) in [5.41, 5.74) is 1.74. The third kappa shape index (κ3) is 3.38. The summed E-state index contributed by atoms with van der Waals surface area (Å²) in [6.07, 6.45) is 4.16. The number of carboxylic acids is 1. The average molecular weight is 352 g/mol. The van der Waals surface area contributed by atoms with Crippen molar-refractivity contribution >= 4 is 27.6 Å². The lowest BCUT2D eigenvalue weighted by atomic mass is 10.00. The summed E-state index contributed by atoms with van der Waals surface area (Å²) in [5, 5.41) is 11.8. The Morgan fingerprint density at radius 1 is 1.33 bits per heavy atom. The molecule has 1 saturated carbocycles. The van der Waals surface area contributed by atoms with Crippen LogP contribution in [0.5, 0.6) is 0 Å². The first-order chi connectivity index (χ1) is 11.3. The van der Waals surface area contributed by atoms with Crippen LogP contribution >= 0.6 is 0 Å². The molecule has 2 aliphatic rings. The van der Waals surface area contributed by atoms with Crippen molar-refractivity contribution in [2.45, 2.75) is 31.7 Å². The molecule has 1 heterocycles. The lowest BCUT2D eigenvalue weighted by molar-refractivity contribution is -0.139. The maximum atomic E-state index is 12.3. The number of fused-ring (bicyclic) bond motifs is 1. The number of aliphatic carboxylic acids is 1. The van der Waals surface area contributed by atoms with Gasteiger partial charge in [0.25, 0.3) is 5.91 Å². The fourth-order valence-corrected chi connectivity index (χ4v) is 4.08. The molecule has 0 spiro atoms. The van der Waals surface area contributed by atoms with Crippen LogP contribution in [0.4, 0.5) is 5.69 Å². The first-order valence-corrected chi connectivity index (χ1v) is 9.76. The Kier molecular flexibility index (Phi) is 4.25. The van der Waals surface area contributed by atoms with E-state index in [2.05, 4.69) is 5.32 Å². The van der Waals surface area contributed by atoms with E-state index in [-0.39, 0.29) is 5.92 Å². The minimum atomic E-state index is -3.35. The number of carbonyl (C=O) groups excluding carboxylic acids is 1. The van der Waals surface area contributed by atoms with Gasteiger partial charge in [-0.15, -0.1) is 0 Å². The van der Waals surface area contributed by atoms with Gasteiger partial charge in [-0.05, 0) is 55.4 Å². The number of nitrogens with zero attached hydrogens (tertiary/aromatic N) is 1. The van der Waals surface area contributed by atoms with Gasteiger partial charge in [0.15, 0.2) is 0 Å². The third-order valence-electron chi connectivity index (χ3n) is 4.46. The zero-order valence-corrected chi connectivity index (χ0v) is 14.2. The molecule has 1 atom stereocenters. The predicted octanol–water partition coefficient (Wildman–Crippen LogP) is 0.992. The first kappa shape index (κ1) is 16.8. The van der Waals surface area contributed by atoms with E-state index in [1.54, 1.807) is 18.2 Å². The van der Waals surface area contributed by atoms with Gasteiger partial charge in [0, 0.05) is 12.1 Å². The van der Waals surface area contributed by atoms with Crippen LogP contribution in [0.2, 0.25) is 0 Å². The summed E-state index contributed by atoms with van der Waals surface area (Å²) >= 11 is 0. The molecule has 7 nitrogen and oxygen atoms in total. The Hall–Kier alpha value is -2.09. The summed E-state index contributed by atoms with van der Waals surface area (Å²) in [5.74, 6) is -1.45. The van der Waals surface area contributed by atoms with Gasteiger partial charge in [-0.2, -0.15) is 0 Å². The molecule has 1 unspecified atom stereocenters. The first-order valence-electron chi connectivity index (χ1n) is 7.91.